The van der Waals surface area contributed by atoms with Gasteiger partial charge in [0.25, 0.3) is 0 Å². The molecule has 0 bridgehead atoms. The molecule has 1 atom stereocenters. The smallest absolute Gasteiger partial charge is 0.306 e. The number of hydrogen-bond donors (Lipinski definition) is 1. The molecule has 0 aliphatic heterocycles. The highest BCUT2D eigenvalue weighted by molar-refractivity contribution is 5.85. The molecule has 118 valence electrons. The number of aromatic nitrogens is 1. The first kappa shape index (κ1) is 15.3. The van der Waals surface area contributed by atoms with E-state index in [4.69, 9.17) is 4.74 Å². The van der Waals surface area contributed by atoms with Crippen molar-refractivity contribution in [3.05, 3.63) is 71.4 Å². The molecule has 0 saturated heterocycles. The molecule has 3 heteroatoms. The van der Waals surface area contributed by atoms with Crippen LogP contribution in [0.2, 0.25) is 0 Å². The summed E-state index contributed by atoms with van der Waals surface area (Å²) in [5, 5.41) is 1.19. The minimum absolute atomic E-state index is 0.120. The normalized spacial score (nSPS) is 12.3. The number of H-pyrrole nitrogens is 1. The summed E-state index contributed by atoms with van der Waals surface area (Å²) in [4.78, 5) is 15.5. The minimum Gasteiger partial charge on any atom is -0.461 e. The lowest BCUT2D eigenvalue weighted by Crippen LogP contribution is -2.09. The lowest BCUT2D eigenvalue weighted by atomic mass is 9.95. The van der Waals surface area contributed by atoms with Crippen molar-refractivity contribution in [2.24, 2.45) is 0 Å². The molecule has 0 saturated carbocycles. The van der Waals surface area contributed by atoms with E-state index in [9.17, 15) is 4.79 Å². The number of rotatable bonds is 5. The summed E-state index contributed by atoms with van der Waals surface area (Å²) in [5.74, 6) is -0.0412. The minimum atomic E-state index is -0.161. The van der Waals surface area contributed by atoms with E-state index in [2.05, 4.69) is 31.0 Å². The van der Waals surface area contributed by atoms with Gasteiger partial charge in [-0.25, -0.2) is 0 Å². The average Bonchev–Trinajstić information content (AvgIpc) is 2.89. The average molecular weight is 307 g/mol. The Balaban J connectivity index is 1.67. The number of ether oxygens (including phenoxy) is 1. The first-order chi connectivity index (χ1) is 11.1. The van der Waals surface area contributed by atoms with Crippen molar-refractivity contribution < 1.29 is 9.53 Å². The van der Waals surface area contributed by atoms with E-state index >= 15 is 0 Å². The summed E-state index contributed by atoms with van der Waals surface area (Å²) < 4.78 is 5.40. The molecular weight excluding hydrogens is 286 g/mol. The highest BCUT2D eigenvalue weighted by Crippen LogP contribution is 2.31. The second-order valence-electron chi connectivity index (χ2n) is 5.96. The summed E-state index contributed by atoms with van der Waals surface area (Å²) in [6, 6.07) is 18.0. The van der Waals surface area contributed by atoms with Gasteiger partial charge in [0.2, 0.25) is 0 Å². The Kier molecular flexibility index (Phi) is 4.47. The molecule has 23 heavy (non-hydrogen) atoms. The van der Waals surface area contributed by atoms with Gasteiger partial charge in [0, 0.05) is 16.6 Å². The summed E-state index contributed by atoms with van der Waals surface area (Å²) in [6.07, 6.45) is 0.384. The van der Waals surface area contributed by atoms with E-state index < -0.39 is 0 Å². The number of aromatic amines is 1. The number of benzene rings is 2. The van der Waals surface area contributed by atoms with Gasteiger partial charge < -0.3 is 9.72 Å². The Hall–Kier alpha value is -2.55. The van der Waals surface area contributed by atoms with Crippen molar-refractivity contribution in [3.8, 4) is 0 Å². The van der Waals surface area contributed by atoms with Crippen LogP contribution in [0.1, 0.15) is 36.1 Å². The van der Waals surface area contributed by atoms with Crippen molar-refractivity contribution in [2.45, 2.75) is 32.8 Å². The number of aryl methyl sites for hydroxylation is 1. The zero-order valence-corrected chi connectivity index (χ0v) is 13.5. The first-order valence-corrected chi connectivity index (χ1v) is 7.92. The number of hydrogen-bond acceptors (Lipinski definition) is 2. The quantitative estimate of drug-likeness (QED) is 0.693. The van der Waals surface area contributed by atoms with Gasteiger partial charge in [-0.1, -0.05) is 55.5 Å². The van der Waals surface area contributed by atoms with E-state index in [0.717, 1.165) is 16.8 Å². The molecule has 1 unspecified atom stereocenters. The summed E-state index contributed by atoms with van der Waals surface area (Å²) in [7, 11) is 0. The van der Waals surface area contributed by atoms with E-state index in [1.807, 2.05) is 42.5 Å². The van der Waals surface area contributed by atoms with Crippen LogP contribution < -0.4 is 0 Å². The van der Waals surface area contributed by atoms with Gasteiger partial charge in [-0.05, 0) is 30.0 Å². The van der Waals surface area contributed by atoms with Crippen molar-refractivity contribution in [1.82, 2.24) is 4.98 Å². The van der Waals surface area contributed by atoms with Crippen LogP contribution in [-0.4, -0.2) is 11.0 Å². The maximum Gasteiger partial charge on any atom is 0.306 e. The SMILES string of the molecule is Cc1[nH]c2ccccc2c1C(C)CC(=O)OCc1ccccc1. The van der Waals surface area contributed by atoms with E-state index in [0.29, 0.717) is 13.0 Å². The molecule has 0 aliphatic rings. The number of carbonyl (C=O) groups excluding carboxylic acids is 1. The van der Waals surface area contributed by atoms with Crippen molar-refractivity contribution in [3.63, 3.8) is 0 Å². The Morgan fingerprint density at radius 1 is 1.09 bits per heavy atom. The molecule has 1 aromatic heterocycles. The zero-order chi connectivity index (χ0) is 16.2. The highest BCUT2D eigenvalue weighted by atomic mass is 16.5. The standard InChI is InChI=1S/C20H21NO2/c1-14(12-19(22)23-13-16-8-4-3-5-9-16)20-15(2)21-18-11-7-6-10-17(18)20/h3-11,14,21H,12-13H2,1-2H3. The summed E-state index contributed by atoms with van der Waals surface area (Å²) in [5.41, 5.74) is 4.45. The van der Waals surface area contributed by atoms with Crippen LogP contribution in [0.25, 0.3) is 10.9 Å². The van der Waals surface area contributed by atoms with Crippen LogP contribution >= 0.6 is 0 Å². The lowest BCUT2D eigenvalue weighted by Gasteiger charge is -2.12. The van der Waals surface area contributed by atoms with Crippen molar-refractivity contribution in [2.75, 3.05) is 0 Å². The number of nitrogens with one attached hydrogen (secondary N) is 1. The summed E-state index contributed by atoms with van der Waals surface area (Å²) >= 11 is 0. The third-order valence-electron chi connectivity index (χ3n) is 4.15. The fraction of sp³-hybridized carbons (Fsp3) is 0.250. The number of carbonyl (C=O) groups is 1. The fourth-order valence-corrected chi connectivity index (χ4v) is 3.08. The van der Waals surface area contributed by atoms with Crippen molar-refractivity contribution >= 4 is 16.9 Å². The predicted molar refractivity (Wildman–Crippen MR) is 92.3 cm³/mol. The molecule has 0 spiro atoms. The molecule has 3 aromatic rings. The monoisotopic (exact) mass is 307 g/mol. The maximum atomic E-state index is 12.1. The molecular formula is C20H21NO2. The van der Waals surface area contributed by atoms with Gasteiger partial charge in [-0.3, -0.25) is 4.79 Å². The fourth-order valence-electron chi connectivity index (χ4n) is 3.08. The van der Waals surface area contributed by atoms with Crippen LogP contribution in [0.15, 0.2) is 54.6 Å². The van der Waals surface area contributed by atoms with Gasteiger partial charge in [-0.2, -0.15) is 0 Å². The predicted octanol–water partition coefficient (Wildman–Crippen LogP) is 4.71. The van der Waals surface area contributed by atoms with E-state index in [1.165, 1.54) is 10.9 Å². The molecule has 0 fully saturated rings. The highest BCUT2D eigenvalue weighted by Gasteiger charge is 2.18. The third-order valence-corrected chi connectivity index (χ3v) is 4.15. The zero-order valence-electron chi connectivity index (χ0n) is 13.5. The molecule has 0 radical (unpaired) electrons. The molecule has 0 amide bonds. The number of para-hydroxylation sites is 1. The molecule has 0 aliphatic carbocycles. The van der Waals surface area contributed by atoms with Crippen LogP contribution in [0.5, 0.6) is 0 Å². The Bertz CT molecular complexity index is 805. The van der Waals surface area contributed by atoms with E-state index in [1.54, 1.807) is 0 Å². The van der Waals surface area contributed by atoms with Crippen LogP contribution in [-0.2, 0) is 16.1 Å². The van der Waals surface area contributed by atoms with Crippen molar-refractivity contribution in [1.29, 1.82) is 0 Å². The second-order valence-corrected chi connectivity index (χ2v) is 5.96. The Morgan fingerprint density at radius 2 is 1.78 bits per heavy atom. The Morgan fingerprint density at radius 3 is 2.57 bits per heavy atom. The van der Waals surface area contributed by atoms with Crippen LogP contribution in [0.4, 0.5) is 0 Å². The first-order valence-electron chi connectivity index (χ1n) is 7.92. The van der Waals surface area contributed by atoms with Crippen LogP contribution in [0, 0.1) is 6.92 Å². The number of esters is 1. The molecule has 3 nitrogen and oxygen atoms in total. The third kappa shape index (κ3) is 3.45. The topological polar surface area (TPSA) is 42.1 Å². The summed E-state index contributed by atoms with van der Waals surface area (Å²) in [6.45, 7) is 4.47. The molecule has 1 N–H and O–H groups in total. The largest absolute Gasteiger partial charge is 0.461 e. The van der Waals surface area contributed by atoms with Gasteiger partial charge in [-0.15, -0.1) is 0 Å². The van der Waals surface area contributed by atoms with Gasteiger partial charge in [0.05, 0.1) is 6.42 Å². The molecule has 1 heterocycles. The lowest BCUT2D eigenvalue weighted by molar-refractivity contribution is -0.145. The molecule has 2 aromatic carbocycles. The van der Waals surface area contributed by atoms with Gasteiger partial charge in [0.1, 0.15) is 6.61 Å². The molecule has 3 rings (SSSR count). The van der Waals surface area contributed by atoms with Crippen LogP contribution in [0.3, 0.4) is 0 Å². The van der Waals surface area contributed by atoms with E-state index in [-0.39, 0.29) is 11.9 Å². The second kappa shape index (κ2) is 6.69. The Labute approximate surface area is 136 Å². The van der Waals surface area contributed by atoms with Gasteiger partial charge in [0.15, 0.2) is 0 Å². The van der Waals surface area contributed by atoms with Gasteiger partial charge >= 0.3 is 5.97 Å². The number of fused-ring (bicyclic) bond motifs is 1. The maximum absolute atomic E-state index is 12.1.